The van der Waals surface area contributed by atoms with Crippen LogP contribution in [0.25, 0.3) is 0 Å². The van der Waals surface area contributed by atoms with Gasteiger partial charge >= 0.3 is 5.97 Å². The maximum atomic E-state index is 11.5. The standard InChI is InChI=1S/C10H16N2O2S/c1-6-7(15-9(11)12-6)5-8(13)14-10(2,3)4/h5H2,1-4H3,(H2,11,12). The average Bonchev–Trinajstić information content (AvgIpc) is 2.25. The first-order chi connectivity index (χ1) is 6.78. The second kappa shape index (κ2) is 4.18. The number of aromatic nitrogens is 1. The minimum Gasteiger partial charge on any atom is -0.460 e. The fraction of sp³-hybridized carbons (Fsp3) is 0.600. The van der Waals surface area contributed by atoms with Crippen LogP contribution in [0.4, 0.5) is 5.13 Å². The highest BCUT2D eigenvalue weighted by Gasteiger charge is 2.18. The number of rotatable bonds is 2. The Bertz CT molecular complexity index is 366. The fourth-order valence-electron chi connectivity index (χ4n) is 1.12. The van der Waals surface area contributed by atoms with Crippen LogP contribution >= 0.6 is 11.3 Å². The maximum Gasteiger partial charge on any atom is 0.311 e. The van der Waals surface area contributed by atoms with Gasteiger partial charge in [-0.2, -0.15) is 0 Å². The van der Waals surface area contributed by atoms with Crippen LogP contribution in [0.15, 0.2) is 0 Å². The molecule has 0 aliphatic heterocycles. The van der Waals surface area contributed by atoms with E-state index >= 15 is 0 Å². The first-order valence-corrected chi connectivity index (χ1v) is 5.53. The summed E-state index contributed by atoms with van der Waals surface area (Å²) in [5.41, 5.74) is 5.90. The predicted octanol–water partition coefficient (Wildman–Crippen LogP) is 1.92. The molecule has 1 heterocycles. The average molecular weight is 228 g/mol. The van der Waals surface area contributed by atoms with Gasteiger partial charge in [-0.05, 0) is 27.7 Å². The first kappa shape index (κ1) is 12.0. The molecule has 1 aromatic heterocycles. The van der Waals surface area contributed by atoms with E-state index in [0.717, 1.165) is 10.6 Å². The second-order valence-electron chi connectivity index (χ2n) is 4.32. The summed E-state index contributed by atoms with van der Waals surface area (Å²) < 4.78 is 5.21. The van der Waals surface area contributed by atoms with E-state index in [2.05, 4.69) is 4.98 Å². The molecule has 0 aliphatic rings. The Hall–Kier alpha value is -1.10. The van der Waals surface area contributed by atoms with E-state index in [-0.39, 0.29) is 12.4 Å². The molecule has 0 fully saturated rings. The topological polar surface area (TPSA) is 65.2 Å². The number of nitrogen functional groups attached to an aromatic ring is 1. The van der Waals surface area contributed by atoms with Gasteiger partial charge < -0.3 is 10.5 Å². The van der Waals surface area contributed by atoms with Gasteiger partial charge in [-0.3, -0.25) is 4.79 Å². The molecule has 5 heteroatoms. The number of carbonyl (C=O) groups is 1. The van der Waals surface area contributed by atoms with Crippen molar-refractivity contribution in [3.63, 3.8) is 0 Å². The van der Waals surface area contributed by atoms with Crippen molar-refractivity contribution in [1.82, 2.24) is 4.98 Å². The lowest BCUT2D eigenvalue weighted by molar-refractivity contribution is -0.153. The Morgan fingerprint density at radius 2 is 2.13 bits per heavy atom. The summed E-state index contributed by atoms with van der Waals surface area (Å²) >= 11 is 1.33. The van der Waals surface area contributed by atoms with Crippen molar-refractivity contribution in [2.24, 2.45) is 0 Å². The lowest BCUT2D eigenvalue weighted by atomic mass is 10.2. The van der Waals surface area contributed by atoms with Crippen LogP contribution in [0.2, 0.25) is 0 Å². The molecule has 0 unspecified atom stereocenters. The third kappa shape index (κ3) is 3.87. The van der Waals surface area contributed by atoms with Crippen LogP contribution in [0.5, 0.6) is 0 Å². The van der Waals surface area contributed by atoms with E-state index < -0.39 is 5.60 Å². The number of anilines is 1. The molecular weight excluding hydrogens is 212 g/mol. The smallest absolute Gasteiger partial charge is 0.311 e. The summed E-state index contributed by atoms with van der Waals surface area (Å²) in [5.74, 6) is -0.241. The van der Waals surface area contributed by atoms with Gasteiger partial charge in [0.25, 0.3) is 0 Å². The predicted molar refractivity (Wildman–Crippen MR) is 60.8 cm³/mol. The van der Waals surface area contributed by atoms with Gasteiger partial charge in [0.2, 0.25) is 0 Å². The minimum absolute atomic E-state index is 0.241. The van der Waals surface area contributed by atoms with E-state index in [1.165, 1.54) is 11.3 Å². The number of thiazole rings is 1. The summed E-state index contributed by atoms with van der Waals surface area (Å²) in [6, 6.07) is 0. The van der Waals surface area contributed by atoms with Crippen molar-refractivity contribution in [3.05, 3.63) is 10.6 Å². The number of nitrogens with two attached hydrogens (primary N) is 1. The maximum absolute atomic E-state index is 11.5. The summed E-state index contributed by atoms with van der Waals surface area (Å²) in [4.78, 5) is 16.4. The molecule has 1 rings (SSSR count). The largest absolute Gasteiger partial charge is 0.460 e. The van der Waals surface area contributed by atoms with Crippen molar-refractivity contribution < 1.29 is 9.53 Å². The van der Waals surface area contributed by atoms with Gasteiger partial charge in [-0.15, -0.1) is 11.3 Å². The van der Waals surface area contributed by atoms with Gasteiger partial charge in [-0.25, -0.2) is 4.98 Å². The molecule has 0 radical (unpaired) electrons. The summed E-state index contributed by atoms with van der Waals surface area (Å²) in [6.45, 7) is 7.38. The van der Waals surface area contributed by atoms with Crippen LogP contribution in [0.1, 0.15) is 31.3 Å². The van der Waals surface area contributed by atoms with Gasteiger partial charge in [0.05, 0.1) is 12.1 Å². The Balaban J connectivity index is 2.63. The van der Waals surface area contributed by atoms with Crippen molar-refractivity contribution in [2.75, 3.05) is 5.73 Å². The SMILES string of the molecule is Cc1nc(N)sc1CC(=O)OC(C)(C)C. The highest BCUT2D eigenvalue weighted by atomic mass is 32.1. The molecule has 0 saturated carbocycles. The third-order valence-corrected chi connectivity index (χ3v) is 2.62. The second-order valence-corrected chi connectivity index (χ2v) is 5.44. The van der Waals surface area contributed by atoms with E-state index in [4.69, 9.17) is 10.5 Å². The van der Waals surface area contributed by atoms with Crippen molar-refractivity contribution >= 4 is 22.4 Å². The van der Waals surface area contributed by atoms with Gasteiger partial charge in [-0.1, -0.05) is 0 Å². The number of nitrogens with zero attached hydrogens (tertiary/aromatic N) is 1. The molecule has 84 valence electrons. The number of hydrogen-bond donors (Lipinski definition) is 1. The lowest BCUT2D eigenvalue weighted by Crippen LogP contribution is -2.24. The van der Waals surface area contributed by atoms with Crippen LogP contribution < -0.4 is 5.73 Å². The molecule has 2 N–H and O–H groups in total. The number of carbonyl (C=O) groups excluding carboxylic acids is 1. The summed E-state index contributed by atoms with van der Waals surface area (Å²) in [5, 5.41) is 0.492. The quantitative estimate of drug-likeness (QED) is 0.785. The van der Waals surface area contributed by atoms with E-state index in [1.807, 2.05) is 27.7 Å². The Morgan fingerprint density at radius 1 is 1.53 bits per heavy atom. The molecule has 0 saturated heterocycles. The normalized spacial score (nSPS) is 11.5. The molecule has 0 spiro atoms. The Kier molecular flexibility index (Phi) is 3.34. The van der Waals surface area contributed by atoms with E-state index in [9.17, 15) is 4.79 Å². The minimum atomic E-state index is -0.443. The summed E-state index contributed by atoms with van der Waals surface area (Å²) in [7, 11) is 0. The zero-order valence-corrected chi connectivity index (χ0v) is 10.3. The molecule has 0 aliphatic carbocycles. The van der Waals surface area contributed by atoms with Crippen molar-refractivity contribution in [1.29, 1.82) is 0 Å². The molecule has 4 nitrogen and oxygen atoms in total. The molecule has 15 heavy (non-hydrogen) atoms. The number of esters is 1. The number of ether oxygens (including phenoxy) is 1. The Morgan fingerprint density at radius 3 is 2.53 bits per heavy atom. The Labute approximate surface area is 93.5 Å². The van der Waals surface area contributed by atoms with E-state index in [0.29, 0.717) is 5.13 Å². The molecule has 0 aromatic carbocycles. The molecule has 1 aromatic rings. The molecule has 0 bridgehead atoms. The van der Waals surface area contributed by atoms with E-state index in [1.54, 1.807) is 0 Å². The monoisotopic (exact) mass is 228 g/mol. The molecule has 0 amide bonds. The van der Waals surface area contributed by atoms with Gasteiger partial charge in [0, 0.05) is 4.88 Å². The van der Waals surface area contributed by atoms with Crippen LogP contribution in [-0.4, -0.2) is 16.6 Å². The third-order valence-electron chi connectivity index (χ3n) is 1.63. The first-order valence-electron chi connectivity index (χ1n) is 4.71. The zero-order chi connectivity index (χ0) is 11.6. The highest BCUT2D eigenvalue weighted by molar-refractivity contribution is 7.15. The molecule has 0 atom stereocenters. The zero-order valence-electron chi connectivity index (χ0n) is 9.46. The van der Waals surface area contributed by atoms with Crippen molar-refractivity contribution in [3.8, 4) is 0 Å². The van der Waals surface area contributed by atoms with Gasteiger partial charge in [0.1, 0.15) is 5.60 Å². The van der Waals surface area contributed by atoms with Crippen LogP contribution in [-0.2, 0) is 16.0 Å². The fourth-order valence-corrected chi connectivity index (χ4v) is 1.94. The highest BCUT2D eigenvalue weighted by Crippen LogP contribution is 2.21. The van der Waals surface area contributed by atoms with Crippen molar-refractivity contribution in [2.45, 2.75) is 39.7 Å². The van der Waals surface area contributed by atoms with Crippen LogP contribution in [0, 0.1) is 6.92 Å². The summed E-state index contributed by atoms with van der Waals surface area (Å²) in [6.07, 6.45) is 0.248. The van der Waals surface area contributed by atoms with Gasteiger partial charge in [0.15, 0.2) is 5.13 Å². The van der Waals surface area contributed by atoms with Crippen LogP contribution in [0.3, 0.4) is 0 Å². The number of hydrogen-bond acceptors (Lipinski definition) is 5. The molecular formula is C10H16N2O2S. The lowest BCUT2D eigenvalue weighted by Gasteiger charge is -2.19. The number of aryl methyl sites for hydroxylation is 1.